The van der Waals surface area contributed by atoms with E-state index in [4.69, 9.17) is 10.8 Å². The monoisotopic (exact) mass is 240 g/mol. The summed E-state index contributed by atoms with van der Waals surface area (Å²) in [5.41, 5.74) is 7.74. The number of hydrogen-bond acceptors (Lipinski definition) is 4. The van der Waals surface area contributed by atoms with Crippen molar-refractivity contribution in [3.05, 3.63) is 5.69 Å². The van der Waals surface area contributed by atoms with Crippen LogP contribution in [0.3, 0.4) is 0 Å². The summed E-state index contributed by atoms with van der Waals surface area (Å²) in [7, 11) is 0. The summed E-state index contributed by atoms with van der Waals surface area (Å²) in [6.45, 7) is 8.92. The van der Waals surface area contributed by atoms with E-state index in [0.717, 1.165) is 49.7 Å². The average molecular weight is 240 g/mol. The molecule has 0 fully saturated rings. The molecule has 0 unspecified atom stereocenters. The Morgan fingerprint density at radius 1 is 1.41 bits per heavy atom. The summed E-state index contributed by atoms with van der Waals surface area (Å²) >= 11 is 0. The standard InChI is InChI=1S/C12H24N4O/c1-4-7-16-12(11(13)10(3)14-16)15(5-2)8-6-9-17/h17H,4-9,13H2,1-3H3. The second-order valence-corrected chi connectivity index (χ2v) is 4.20. The zero-order valence-corrected chi connectivity index (χ0v) is 11.1. The first-order chi connectivity index (χ1) is 8.15. The van der Waals surface area contributed by atoms with Crippen LogP contribution in [0.25, 0.3) is 0 Å². The van der Waals surface area contributed by atoms with Gasteiger partial charge in [0.05, 0.1) is 11.4 Å². The molecule has 0 spiro atoms. The van der Waals surface area contributed by atoms with E-state index in [0.29, 0.717) is 0 Å². The second-order valence-electron chi connectivity index (χ2n) is 4.20. The molecule has 1 aromatic rings. The van der Waals surface area contributed by atoms with Crippen LogP contribution in [0.15, 0.2) is 0 Å². The minimum absolute atomic E-state index is 0.206. The molecule has 98 valence electrons. The van der Waals surface area contributed by atoms with Gasteiger partial charge in [-0.1, -0.05) is 6.92 Å². The van der Waals surface area contributed by atoms with Crippen molar-refractivity contribution in [1.29, 1.82) is 0 Å². The molecule has 0 atom stereocenters. The molecule has 5 heteroatoms. The lowest BCUT2D eigenvalue weighted by molar-refractivity contribution is 0.289. The van der Waals surface area contributed by atoms with Crippen LogP contribution in [0.4, 0.5) is 11.5 Å². The van der Waals surface area contributed by atoms with Gasteiger partial charge in [-0.3, -0.25) is 0 Å². The summed E-state index contributed by atoms with van der Waals surface area (Å²) in [4.78, 5) is 2.18. The number of nitrogens with two attached hydrogens (primary N) is 1. The first-order valence-electron chi connectivity index (χ1n) is 6.34. The molecule has 0 aliphatic rings. The van der Waals surface area contributed by atoms with Gasteiger partial charge < -0.3 is 15.7 Å². The molecule has 0 saturated heterocycles. The maximum absolute atomic E-state index is 8.92. The quantitative estimate of drug-likeness (QED) is 0.756. The summed E-state index contributed by atoms with van der Waals surface area (Å²) in [5.74, 6) is 1.00. The van der Waals surface area contributed by atoms with E-state index in [1.807, 2.05) is 11.6 Å². The molecule has 0 saturated carbocycles. The van der Waals surface area contributed by atoms with Crippen molar-refractivity contribution in [2.24, 2.45) is 0 Å². The van der Waals surface area contributed by atoms with E-state index in [9.17, 15) is 0 Å². The van der Waals surface area contributed by atoms with Crippen LogP contribution in [0.5, 0.6) is 0 Å². The van der Waals surface area contributed by atoms with Crippen molar-refractivity contribution in [2.45, 2.75) is 40.2 Å². The minimum Gasteiger partial charge on any atom is -0.396 e. The van der Waals surface area contributed by atoms with Gasteiger partial charge in [0.1, 0.15) is 0 Å². The Labute approximate surface area is 103 Å². The van der Waals surface area contributed by atoms with E-state index in [-0.39, 0.29) is 6.61 Å². The summed E-state index contributed by atoms with van der Waals surface area (Å²) in [5, 5.41) is 13.4. The summed E-state index contributed by atoms with van der Waals surface area (Å²) in [6.07, 6.45) is 1.79. The second kappa shape index (κ2) is 6.49. The highest BCUT2D eigenvalue weighted by molar-refractivity contribution is 5.66. The highest BCUT2D eigenvalue weighted by Crippen LogP contribution is 2.26. The fraction of sp³-hybridized carbons (Fsp3) is 0.750. The van der Waals surface area contributed by atoms with Crippen LogP contribution < -0.4 is 10.6 Å². The number of hydrogen-bond donors (Lipinski definition) is 2. The van der Waals surface area contributed by atoms with Crippen molar-refractivity contribution < 1.29 is 5.11 Å². The molecule has 5 nitrogen and oxygen atoms in total. The molecule has 0 aliphatic heterocycles. The van der Waals surface area contributed by atoms with Crippen molar-refractivity contribution in [3.8, 4) is 0 Å². The molecule has 0 radical (unpaired) electrons. The molecule has 0 bridgehead atoms. The van der Waals surface area contributed by atoms with E-state index in [2.05, 4.69) is 23.8 Å². The molecule has 0 aliphatic carbocycles. The number of aromatic nitrogens is 2. The Hall–Kier alpha value is -1.23. The lowest BCUT2D eigenvalue weighted by Crippen LogP contribution is -2.28. The molecule has 1 aromatic heterocycles. The highest BCUT2D eigenvalue weighted by atomic mass is 16.3. The van der Waals surface area contributed by atoms with E-state index in [1.165, 1.54) is 0 Å². The van der Waals surface area contributed by atoms with Crippen molar-refractivity contribution in [2.75, 3.05) is 30.3 Å². The zero-order valence-electron chi connectivity index (χ0n) is 11.1. The van der Waals surface area contributed by atoms with Crippen molar-refractivity contribution in [1.82, 2.24) is 9.78 Å². The predicted octanol–water partition coefficient (Wildman–Crippen LogP) is 1.39. The van der Waals surface area contributed by atoms with Gasteiger partial charge >= 0.3 is 0 Å². The fourth-order valence-corrected chi connectivity index (χ4v) is 1.96. The fourth-order valence-electron chi connectivity index (χ4n) is 1.96. The zero-order chi connectivity index (χ0) is 12.8. The molecular formula is C12H24N4O. The third-order valence-corrected chi connectivity index (χ3v) is 2.85. The number of nitrogen functional groups attached to an aromatic ring is 1. The maximum atomic E-state index is 8.92. The van der Waals surface area contributed by atoms with Crippen LogP contribution >= 0.6 is 0 Å². The first-order valence-corrected chi connectivity index (χ1v) is 6.34. The topological polar surface area (TPSA) is 67.3 Å². The lowest BCUT2D eigenvalue weighted by atomic mass is 10.3. The van der Waals surface area contributed by atoms with Crippen LogP contribution in [-0.4, -0.2) is 34.6 Å². The number of aliphatic hydroxyl groups excluding tert-OH is 1. The SMILES string of the molecule is CCCn1nc(C)c(N)c1N(CC)CCCO. The van der Waals surface area contributed by atoms with Gasteiger partial charge in [-0.05, 0) is 26.7 Å². The number of aliphatic hydroxyl groups is 1. The molecular weight excluding hydrogens is 216 g/mol. The summed E-state index contributed by atoms with van der Waals surface area (Å²) in [6, 6.07) is 0. The van der Waals surface area contributed by atoms with Crippen LogP contribution in [0, 0.1) is 6.92 Å². The van der Waals surface area contributed by atoms with E-state index >= 15 is 0 Å². The molecule has 17 heavy (non-hydrogen) atoms. The molecule has 1 heterocycles. The maximum Gasteiger partial charge on any atom is 0.150 e. The van der Waals surface area contributed by atoms with Gasteiger partial charge in [-0.15, -0.1) is 0 Å². The van der Waals surface area contributed by atoms with Gasteiger partial charge in [0, 0.05) is 26.2 Å². The Balaban J connectivity index is 2.98. The van der Waals surface area contributed by atoms with Gasteiger partial charge in [-0.2, -0.15) is 5.10 Å². The van der Waals surface area contributed by atoms with Gasteiger partial charge in [0.2, 0.25) is 0 Å². The smallest absolute Gasteiger partial charge is 0.150 e. The van der Waals surface area contributed by atoms with Gasteiger partial charge in [0.15, 0.2) is 5.82 Å². The average Bonchev–Trinajstić information content (AvgIpc) is 2.58. The third kappa shape index (κ3) is 3.12. The summed E-state index contributed by atoms with van der Waals surface area (Å²) < 4.78 is 1.98. The third-order valence-electron chi connectivity index (χ3n) is 2.85. The molecule has 1 rings (SSSR count). The number of aryl methyl sites for hydroxylation is 2. The largest absolute Gasteiger partial charge is 0.396 e. The number of nitrogens with zero attached hydrogens (tertiary/aromatic N) is 3. The van der Waals surface area contributed by atoms with Crippen molar-refractivity contribution >= 4 is 11.5 Å². The van der Waals surface area contributed by atoms with Crippen LogP contribution in [0.2, 0.25) is 0 Å². The van der Waals surface area contributed by atoms with Crippen LogP contribution in [-0.2, 0) is 6.54 Å². The highest BCUT2D eigenvalue weighted by Gasteiger charge is 2.17. The van der Waals surface area contributed by atoms with Gasteiger partial charge in [0.25, 0.3) is 0 Å². The Kier molecular flexibility index (Phi) is 5.28. The molecule has 3 N–H and O–H groups in total. The molecule has 0 amide bonds. The Morgan fingerprint density at radius 3 is 2.65 bits per heavy atom. The molecule has 0 aromatic carbocycles. The van der Waals surface area contributed by atoms with E-state index < -0.39 is 0 Å². The first kappa shape index (κ1) is 13.8. The van der Waals surface area contributed by atoms with Crippen LogP contribution in [0.1, 0.15) is 32.4 Å². The predicted molar refractivity (Wildman–Crippen MR) is 71.3 cm³/mol. The van der Waals surface area contributed by atoms with Gasteiger partial charge in [-0.25, -0.2) is 4.68 Å². The normalized spacial score (nSPS) is 10.8. The van der Waals surface area contributed by atoms with E-state index in [1.54, 1.807) is 0 Å². The Bertz CT molecular complexity index is 349. The lowest BCUT2D eigenvalue weighted by Gasteiger charge is -2.24. The minimum atomic E-state index is 0.206. The van der Waals surface area contributed by atoms with Crippen molar-refractivity contribution in [3.63, 3.8) is 0 Å². The Morgan fingerprint density at radius 2 is 2.12 bits per heavy atom. The number of anilines is 2. The number of rotatable bonds is 7.